The van der Waals surface area contributed by atoms with Crippen LogP contribution in [0.5, 0.6) is 0 Å². The smallest absolute Gasteiger partial charge is 0.266 e. The Balaban J connectivity index is 1.89. The van der Waals surface area contributed by atoms with Gasteiger partial charge in [-0.05, 0) is 6.07 Å². The van der Waals surface area contributed by atoms with E-state index in [1.165, 1.54) is 27.2 Å². The van der Waals surface area contributed by atoms with Gasteiger partial charge in [0.2, 0.25) is 4.96 Å². The number of hydrogen-bond donors (Lipinski definition) is 0. The highest BCUT2D eigenvalue weighted by atomic mass is 32.1. The summed E-state index contributed by atoms with van der Waals surface area (Å²) in [5, 5.41) is 6.30. The van der Waals surface area contributed by atoms with Gasteiger partial charge in [0.15, 0.2) is 0 Å². The fraction of sp³-hybridized carbons (Fsp3) is 0. The molecule has 0 aliphatic rings. The van der Waals surface area contributed by atoms with Gasteiger partial charge in [0.05, 0.1) is 5.52 Å². The molecule has 0 radical (unpaired) electrons. The van der Waals surface area contributed by atoms with Crippen LogP contribution >= 0.6 is 22.7 Å². The average Bonchev–Trinajstić information content (AvgIpc) is 3.18. The molecule has 0 unspecified atom stereocenters. The highest BCUT2D eigenvalue weighted by molar-refractivity contribution is 7.25. The summed E-state index contributed by atoms with van der Waals surface area (Å²) in [5.74, 6) is 0. The first-order valence-electron chi connectivity index (χ1n) is 7.08. The average molecular weight is 335 g/mol. The molecule has 0 saturated heterocycles. The number of aromatic nitrogens is 3. The Labute approximate surface area is 138 Å². The van der Waals surface area contributed by atoms with Gasteiger partial charge in [0.25, 0.3) is 5.56 Å². The van der Waals surface area contributed by atoms with Crippen molar-refractivity contribution in [3.8, 4) is 10.6 Å². The van der Waals surface area contributed by atoms with Crippen molar-refractivity contribution in [3.05, 3.63) is 65.0 Å². The minimum atomic E-state index is -0.0929. The van der Waals surface area contributed by atoms with Crippen LogP contribution in [0.25, 0.3) is 35.8 Å². The molecule has 110 valence electrons. The molecule has 0 atom stereocenters. The Hall–Kier alpha value is -2.57. The maximum atomic E-state index is 12.8. The molecule has 0 amide bonds. The maximum absolute atomic E-state index is 12.8. The second-order valence-corrected chi connectivity index (χ2v) is 7.17. The number of benzene rings is 2. The Bertz CT molecular complexity index is 1230. The summed E-state index contributed by atoms with van der Waals surface area (Å²) in [6, 6.07) is 17.8. The fourth-order valence-electron chi connectivity index (χ4n) is 2.66. The molecule has 0 fully saturated rings. The van der Waals surface area contributed by atoms with Gasteiger partial charge in [-0.15, -0.1) is 11.3 Å². The van der Waals surface area contributed by atoms with E-state index in [1.807, 2.05) is 54.6 Å². The van der Waals surface area contributed by atoms with Gasteiger partial charge in [-0.25, -0.2) is 4.98 Å². The van der Waals surface area contributed by atoms with Crippen LogP contribution in [0.15, 0.2) is 59.4 Å². The number of hydrogen-bond acceptors (Lipinski definition) is 5. The molecule has 3 aromatic heterocycles. The molecule has 23 heavy (non-hydrogen) atoms. The molecular formula is C17H9N3OS2. The van der Waals surface area contributed by atoms with Crippen molar-refractivity contribution in [2.75, 3.05) is 0 Å². The molecule has 5 rings (SSSR count). The van der Waals surface area contributed by atoms with Crippen LogP contribution < -0.4 is 5.56 Å². The topological polar surface area (TPSA) is 47.3 Å². The minimum absolute atomic E-state index is 0.0929. The Kier molecular flexibility index (Phi) is 2.65. The van der Waals surface area contributed by atoms with Crippen molar-refractivity contribution in [2.45, 2.75) is 0 Å². The molecule has 5 aromatic rings. The van der Waals surface area contributed by atoms with Crippen molar-refractivity contribution >= 4 is 47.9 Å². The first-order chi connectivity index (χ1) is 11.3. The van der Waals surface area contributed by atoms with Crippen LogP contribution in [0, 0.1) is 0 Å². The predicted molar refractivity (Wildman–Crippen MR) is 95.5 cm³/mol. The molecule has 4 nitrogen and oxygen atoms in total. The van der Waals surface area contributed by atoms with Crippen LogP contribution in [-0.2, 0) is 0 Å². The van der Waals surface area contributed by atoms with Gasteiger partial charge >= 0.3 is 0 Å². The zero-order chi connectivity index (χ0) is 15.4. The van der Waals surface area contributed by atoms with E-state index < -0.39 is 0 Å². The maximum Gasteiger partial charge on any atom is 0.293 e. The van der Waals surface area contributed by atoms with Crippen LogP contribution in [0.4, 0.5) is 0 Å². The second-order valence-electron chi connectivity index (χ2n) is 5.16. The number of thiophene rings is 1. The summed E-state index contributed by atoms with van der Waals surface area (Å²) >= 11 is 2.91. The van der Waals surface area contributed by atoms with Gasteiger partial charge in [-0.3, -0.25) is 4.79 Å². The lowest BCUT2D eigenvalue weighted by atomic mass is 10.2. The molecule has 0 spiro atoms. The summed E-state index contributed by atoms with van der Waals surface area (Å²) in [5.41, 5.74) is 1.68. The van der Waals surface area contributed by atoms with Gasteiger partial charge in [-0.1, -0.05) is 59.9 Å². The monoisotopic (exact) mass is 335 g/mol. The lowest BCUT2D eigenvalue weighted by molar-refractivity contribution is 0.922. The molecule has 0 aliphatic carbocycles. The van der Waals surface area contributed by atoms with Gasteiger partial charge in [-0.2, -0.15) is 9.61 Å². The summed E-state index contributed by atoms with van der Waals surface area (Å²) < 4.78 is 3.16. The minimum Gasteiger partial charge on any atom is -0.266 e. The standard InChI is InChI=1S/C17H9N3OS2/c21-16-14-13(11-8-4-5-9-12(11)22-14)18-17-20(16)19-15(23-17)10-6-2-1-3-7-10/h1-9H. The molecule has 2 aromatic carbocycles. The van der Waals surface area contributed by atoms with E-state index in [-0.39, 0.29) is 5.56 Å². The zero-order valence-corrected chi connectivity index (χ0v) is 13.4. The largest absolute Gasteiger partial charge is 0.293 e. The fourth-order valence-corrected chi connectivity index (χ4v) is 4.63. The molecule has 6 heteroatoms. The van der Waals surface area contributed by atoms with Crippen molar-refractivity contribution in [2.24, 2.45) is 0 Å². The van der Waals surface area contributed by atoms with Crippen LogP contribution in [0.3, 0.4) is 0 Å². The van der Waals surface area contributed by atoms with Gasteiger partial charge in [0.1, 0.15) is 9.71 Å². The first kappa shape index (κ1) is 12.9. The third kappa shape index (κ3) is 1.85. The van der Waals surface area contributed by atoms with Gasteiger partial charge < -0.3 is 0 Å². The first-order valence-corrected chi connectivity index (χ1v) is 8.71. The van der Waals surface area contributed by atoms with Gasteiger partial charge in [0, 0.05) is 15.6 Å². The highest BCUT2D eigenvalue weighted by Gasteiger charge is 2.15. The van der Waals surface area contributed by atoms with E-state index in [0.29, 0.717) is 9.66 Å². The third-order valence-electron chi connectivity index (χ3n) is 3.74. The second kappa shape index (κ2) is 4.71. The van der Waals surface area contributed by atoms with Crippen LogP contribution in [-0.4, -0.2) is 14.6 Å². The van der Waals surface area contributed by atoms with E-state index in [0.717, 1.165) is 26.2 Å². The van der Waals surface area contributed by atoms with E-state index >= 15 is 0 Å². The zero-order valence-electron chi connectivity index (χ0n) is 11.8. The van der Waals surface area contributed by atoms with E-state index in [1.54, 1.807) is 0 Å². The van der Waals surface area contributed by atoms with Crippen LogP contribution in [0.2, 0.25) is 0 Å². The lowest BCUT2D eigenvalue weighted by Crippen LogP contribution is -2.13. The van der Waals surface area contributed by atoms with Crippen molar-refractivity contribution < 1.29 is 0 Å². The summed E-state index contributed by atoms with van der Waals surface area (Å²) in [6.45, 7) is 0. The summed E-state index contributed by atoms with van der Waals surface area (Å²) in [4.78, 5) is 18.1. The van der Waals surface area contributed by atoms with E-state index in [4.69, 9.17) is 4.98 Å². The normalized spacial score (nSPS) is 11.7. The number of nitrogens with zero attached hydrogens (tertiary/aromatic N) is 3. The number of rotatable bonds is 1. The van der Waals surface area contributed by atoms with Crippen molar-refractivity contribution in [3.63, 3.8) is 0 Å². The quantitative estimate of drug-likeness (QED) is 0.461. The molecular weight excluding hydrogens is 326 g/mol. The summed E-state index contributed by atoms with van der Waals surface area (Å²) in [6.07, 6.45) is 0. The van der Waals surface area contributed by atoms with Crippen LogP contribution in [0.1, 0.15) is 0 Å². The Morgan fingerprint density at radius 3 is 2.57 bits per heavy atom. The molecule has 0 N–H and O–H groups in total. The SMILES string of the molecule is O=c1c2sc3ccccc3c2nc2sc(-c3ccccc3)nn12. The molecule has 0 bridgehead atoms. The molecule has 0 saturated carbocycles. The van der Waals surface area contributed by atoms with Crippen molar-refractivity contribution in [1.29, 1.82) is 0 Å². The Morgan fingerprint density at radius 1 is 0.913 bits per heavy atom. The lowest BCUT2D eigenvalue weighted by Gasteiger charge is -1.92. The summed E-state index contributed by atoms with van der Waals surface area (Å²) in [7, 11) is 0. The molecule has 0 aliphatic heterocycles. The number of fused-ring (bicyclic) bond motifs is 4. The predicted octanol–water partition coefficient (Wildman–Crippen LogP) is 4.19. The van der Waals surface area contributed by atoms with E-state index in [9.17, 15) is 4.79 Å². The van der Waals surface area contributed by atoms with E-state index in [2.05, 4.69) is 5.10 Å². The Morgan fingerprint density at radius 2 is 1.70 bits per heavy atom. The third-order valence-corrected chi connectivity index (χ3v) is 5.85. The molecule has 3 heterocycles. The van der Waals surface area contributed by atoms with Crippen molar-refractivity contribution in [1.82, 2.24) is 14.6 Å². The highest BCUT2D eigenvalue weighted by Crippen LogP contribution is 2.32.